The zero-order chi connectivity index (χ0) is 15.4. The molecule has 0 fully saturated rings. The van der Waals surface area contributed by atoms with Crippen molar-refractivity contribution in [3.8, 4) is 11.4 Å². The first-order chi connectivity index (χ1) is 10.8. The molecule has 0 unspecified atom stereocenters. The van der Waals surface area contributed by atoms with Crippen molar-refractivity contribution in [2.75, 3.05) is 5.75 Å². The van der Waals surface area contributed by atoms with E-state index in [1.807, 2.05) is 31.2 Å². The Morgan fingerprint density at radius 3 is 2.68 bits per heavy atom. The van der Waals surface area contributed by atoms with Crippen molar-refractivity contribution >= 4 is 34.9 Å². The van der Waals surface area contributed by atoms with Gasteiger partial charge in [-0.2, -0.15) is 4.98 Å². The first-order valence-corrected chi connectivity index (χ1v) is 9.52. The summed E-state index contributed by atoms with van der Waals surface area (Å²) in [6.07, 6.45) is 0. The lowest BCUT2D eigenvalue weighted by Gasteiger charge is -1.97. The zero-order valence-electron chi connectivity index (χ0n) is 12.1. The van der Waals surface area contributed by atoms with E-state index in [1.165, 1.54) is 0 Å². The SMILES string of the molecule is CCSc1nnc(SCc2nc(-c3ccccc3C)no2)s1. The van der Waals surface area contributed by atoms with E-state index in [1.54, 1.807) is 34.9 Å². The average molecular weight is 350 g/mol. The van der Waals surface area contributed by atoms with Crippen LogP contribution in [0.2, 0.25) is 0 Å². The molecule has 0 aliphatic heterocycles. The van der Waals surface area contributed by atoms with Gasteiger partial charge >= 0.3 is 0 Å². The summed E-state index contributed by atoms with van der Waals surface area (Å²) in [5.41, 5.74) is 2.13. The Morgan fingerprint density at radius 2 is 1.91 bits per heavy atom. The van der Waals surface area contributed by atoms with E-state index in [4.69, 9.17) is 4.52 Å². The molecule has 22 heavy (non-hydrogen) atoms. The molecule has 0 N–H and O–H groups in total. The second-order valence-corrected chi connectivity index (χ2v) is 8.09. The second-order valence-electron chi connectivity index (χ2n) is 4.38. The largest absolute Gasteiger partial charge is 0.338 e. The number of rotatable bonds is 6. The minimum atomic E-state index is 0.600. The number of thioether (sulfide) groups is 2. The molecule has 0 amide bonds. The fourth-order valence-electron chi connectivity index (χ4n) is 1.81. The van der Waals surface area contributed by atoms with Gasteiger partial charge in [0.2, 0.25) is 11.7 Å². The molecule has 0 saturated carbocycles. The lowest BCUT2D eigenvalue weighted by Crippen LogP contribution is -1.85. The van der Waals surface area contributed by atoms with Crippen molar-refractivity contribution in [1.29, 1.82) is 0 Å². The van der Waals surface area contributed by atoms with Gasteiger partial charge in [0.05, 0.1) is 5.75 Å². The molecule has 3 aromatic rings. The van der Waals surface area contributed by atoms with E-state index < -0.39 is 0 Å². The Morgan fingerprint density at radius 1 is 1.14 bits per heavy atom. The fraction of sp³-hybridized carbons (Fsp3) is 0.286. The topological polar surface area (TPSA) is 64.7 Å². The van der Waals surface area contributed by atoms with Gasteiger partial charge in [-0.3, -0.25) is 0 Å². The summed E-state index contributed by atoms with van der Waals surface area (Å²) in [6, 6.07) is 8.00. The molecule has 0 bridgehead atoms. The van der Waals surface area contributed by atoms with E-state index in [0.29, 0.717) is 17.5 Å². The smallest absolute Gasteiger partial charge is 0.237 e. The third-order valence-electron chi connectivity index (χ3n) is 2.83. The Labute approximate surface area is 140 Å². The van der Waals surface area contributed by atoms with Gasteiger partial charge in [-0.25, -0.2) is 0 Å². The summed E-state index contributed by atoms with van der Waals surface area (Å²) < 4.78 is 7.24. The lowest BCUT2D eigenvalue weighted by atomic mass is 10.1. The highest BCUT2D eigenvalue weighted by Crippen LogP contribution is 2.30. The van der Waals surface area contributed by atoms with E-state index in [0.717, 1.165) is 25.6 Å². The van der Waals surface area contributed by atoms with Crippen LogP contribution in [-0.4, -0.2) is 26.1 Å². The molecule has 0 radical (unpaired) electrons. The number of nitrogens with zero attached hydrogens (tertiary/aromatic N) is 4. The summed E-state index contributed by atoms with van der Waals surface area (Å²) in [4.78, 5) is 4.45. The van der Waals surface area contributed by atoms with Crippen LogP contribution in [0.15, 0.2) is 37.5 Å². The molecule has 5 nitrogen and oxygen atoms in total. The maximum Gasteiger partial charge on any atom is 0.237 e. The van der Waals surface area contributed by atoms with Crippen molar-refractivity contribution < 1.29 is 4.52 Å². The molecule has 3 rings (SSSR count). The fourth-order valence-corrected chi connectivity index (χ4v) is 4.56. The molecular formula is C14H14N4OS3. The maximum atomic E-state index is 5.32. The van der Waals surface area contributed by atoms with Gasteiger partial charge in [0.1, 0.15) is 0 Å². The Bertz CT molecular complexity index is 756. The first-order valence-electron chi connectivity index (χ1n) is 6.74. The Kier molecular flexibility index (Phi) is 5.12. The van der Waals surface area contributed by atoms with Crippen molar-refractivity contribution in [3.05, 3.63) is 35.7 Å². The summed E-state index contributed by atoms with van der Waals surface area (Å²) in [6.45, 7) is 4.14. The van der Waals surface area contributed by atoms with Gasteiger partial charge in [-0.15, -0.1) is 10.2 Å². The summed E-state index contributed by atoms with van der Waals surface area (Å²) >= 11 is 4.87. The molecule has 114 valence electrons. The van der Waals surface area contributed by atoms with Crippen LogP contribution in [0.25, 0.3) is 11.4 Å². The summed E-state index contributed by atoms with van der Waals surface area (Å²) in [5, 5.41) is 12.3. The van der Waals surface area contributed by atoms with Gasteiger partial charge in [0, 0.05) is 5.56 Å². The van der Waals surface area contributed by atoms with Crippen LogP contribution in [0, 0.1) is 6.92 Å². The number of aryl methyl sites for hydroxylation is 1. The molecule has 0 aliphatic carbocycles. The summed E-state index contributed by atoms with van der Waals surface area (Å²) in [5.74, 6) is 2.84. The molecule has 1 aromatic carbocycles. The molecule has 0 aliphatic rings. The molecule has 0 atom stereocenters. The number of hydrogen-bond acceptors (Lipinski definition) is 8. The van der Waals surface area contributed by atoms with Gasteiger partial charge in [0.15, 0.2) is 8.68 Å². The molecule has 2 heterocycles. The minimum absolute atomic E-state index is 0.600. The number of hydrogen-bond donors (Lipinski definition) is 0. The third-order valence-corrected chi connectivity index (χ3v) is 5.89. The predicted molar refractivity (Wildman–Crippen MR) is 90.3 cm³/mol. The van der Waals surface area contributed by atoms with E-state index in [9.17, 15) is 0 Å². The maximum absolute atomic E-state index is 5.32. The molecule has 8 heteroatoms. The average Bonchev–Trinajstić information content (AvgIpc) is 3.15. The van der Waals surface area contributed by atoms with Crippen molar-refractivity contribution in [2.45, 2.75) is 28.3 Å². The number of benzene rings is 1. The van der Waals surface area contributed by atoms with Crippen LogP contribution >= 0.6 is 34.9 Å². The van der Waals surface area contributed by atoms with Crippen molar-refractivity contribution in [3.63, 3.8) is 0 Å². The highest BCUT2D eigenvalue weighted by atomic mass is 32.2. The Hall–Kier alpha value is -1.38. The van der Waals surface area contributed by atoms with Crippen molar-refractivity contribution in [1.82, 2.24) is 20.3 Å². The predicted octanol–water partition coefficient (Wildman–Crippen LogP) is 4.30. The molecule has 0 spiro atoms. The first kappa shape index (κ1) is 15.5. The van der Waals surface area contributed by atoms with Gasteiger partial charge in [0.25, 0.3) is 0 Å². The van der Waals surface area contributed by atoms with Crippen LogP contribution < -0.4 is 0 Å². The van der Waals surface area contributed by atoms with Crippen LogP contribution in [0.5, 0.6) is 0 Å². The van der Waals surface area contributed by atoms with E-state index >= 15 is 0 Å². The van der Waals surface area contributed by atoms with Gasteiger partial charge < -0.3 is 4.52 Å². The van der Waals surface area contributed by atoms with Gasteiger partial charge in [-0.05, 0) is 18.2 Å². The van der Waals surface area contributed by atoms with E-state index in [-0.39, 0.29) is 0 Å². The highest BCUT2D eigenvalue weighted by Gasteiger charge is 2.12. The van der Waals surface area contributed by atoms with Gasteiger partial charge in [-0.1, -0.05) is 71.2 Å². The monoisotopic (exact) mass is 350 g/mol. The minimum Gasteiger partial charge on any atom is -0.338 e. The van der Waals surface area contributed by atoms with Crippen molar-refractivity contribution in [2.24, 2.45) is 0 Å². The normalized spacial score (nSPS) is 11.0. The third kappa shape index (κ3) is 3.68. The molecule has 2 aromatic heterocycles. The van der Waals surface area contributed by atoms with Crippen LogP contribution in [0.3, 0.4) is 0 Å². The highest BCUT2D eigenvalue weighted by molar-refractivity contribution is 8.02. The summed E-state index contributed by atoms with van der Waals surface area (Å²) in [7, 11) is 0. The van der Waals surface area contributed by atoms with E-state index in [2.05, 4.69) is 27.3 Å². The second kappa shape index (κ2) is 7.26. The van der Waals surface area contributed by atoms with Crippen LogP contribution in [0.1, 0.15) is 18.4 Å². The lowest BCUT2D eigenvalue weighted by molar-refractivity contribution is 0.391. The van der Waals surface area contributed by atoms with Crippen LogP contribution in [0.4, 0.5) is 0 Å². The Balaban J connectivity index is 1.65. The molecular weight excluding hydrogens is 336 g/mol. The zero-order valence-corrected chi connectivity index (χ0v) is 14.6. The number of aromatic nitrogens is 4. The van der Waals surface area contributed by atoms with Crippen LogP contribution in [-0.2, 0) is 5.75 Å². The molecule has 0 saturated heterocycles. The standard InChI is InChI=1S/C14H14N4OS3/c1-3-20-13-16-17-14(22-13)21-8-11-15-12(18-19-11)10-7-5-4-6-9(10)2/h4-7H,3,8H2,1-2H3. The quantitative estimate of drug-likeness (QED) is 0.614.